The van der Waals surface area contributed by atoms with E-state index in [4.69, 9.17) is 0 Å². The van der Waals surface area contributed by atoms with Crippen LogP contribution >= 0.6 is 0 Å². The van der Waals surface area contributed by atoms with Crippen molar-refractivity contribution in [3.05, 3.63) is 60.2 Å². The van der Waals surface area contributed by atoms with Gasteiger partial charge in [-0.1, -0.05) is 4.68 Å². The largest absolute Gasteiger partial charge is 0.416 e. The Morgan fingerprint density at radius 1 is 1.11 bits per heavy atom. The molecule has 1 aromatic carbocycles. The number of nitrogens with one attached hydrogen (secondary N) is 1. The van der Waals surface area contributed by atoms with Gasteiger partial charge in [-0.15, -0.1) is 5.43 Å². The molecule has 2 aromatic rings. The van der Waals surface area contributed by atoms with E-state index in [0.29, 0.717) is 0 Å². The molecular formula is C12H9F3N3O+. The minimum absolute atomic E-state index is 0.136. The zero-order valence-electron chi connectivity index (χ0n) is 9.56. The molecule has 0 saturated heterocycles. The maximum absolute atomic E-state index is 12.4. The number of hydrogen-bond donors (Lipinski definition) is 1. The standard InChI is InChI=1S/C12H8F3N3O/c13-12(14,15)10-3-1-9(2-4-10)11(19)17-18-7-5-16-6-8-18/h1-8H/p+1. The van der Waals surface area contributed by atoms with E-state index in [1.165, 1.54) is 29.5 Å². The monoisotopic (exact) mass is 268 g/mol. The number of aromatic nitrogens is 2. The molecule has 1 aromatic heterocycles. The second-order valence-electron chi connectivity index (χ2n) is 3.67. The summed E-state index contributed by atoms with van der Waals surface area (Å²) in [6, 6.07) is 3.98. The van der Waals surface area contributed by atoms with Gasteiger partial charge in [-0.2, -0.15) is 13.2 Å². The van der Waals surface area contributed by atoms with Gasteiger partial charge in [0.2, 0.25) is 12.4 Å². The molecule has 7 heteroatoms. The summed E-state index contributed by atoms with van der Waals surface area (Å²) in [7, 11) is 0. The Balaban J connectivity index is 2.12. The van der Waals surface area contributed by atoms with Gasteiger partial charge >= 0.3 is 12.1 Å². The van der Waals surface area contributed by atoms with Crippen molar-refractivity contribution in [3.8, 4) is 0 Å². The molecule has 4 nitrogen and oxygen atoms in total. The topological polar surface area (TPSA) is 45.9 Å². The zero-order chi connectivity index (χ0) is 13.9. The molecule has 1 N–H and O–H groups in total. The fourth-order valence-corrected chi connectivity index (χ4v) is 1.39. The van der Waals surface area contributed by atoms with Crippen LogP contribution in [-0.2, 0) is 6.18 Å². The fraction of sp³-hybridized carbons (Fsp3) is 0.0833. The predicted octanol–water partition coefficient (Wildman–Crippen LogP) is 1.77. The van der Waals surface area contributed by atoms with Crippen molar-refractivity contribution in [2.45, 2.75) is 6.18 Å². The van der Waals surface area contributed by atoms with E-state index in [9.17, 15) is 18.0 Å². The molecule has 0 saturated carbocycles. The number of amides is 1. The molecule has 1 heterocycles. The third-order valence-electron chi connectivity index (χ3n) is 2.33. The molecule has 0 aliphatic carbocycles. The van der Waals surface area contributed by atoms with Crippen LogP contribution in [0.1, 0.15) is 15.9 Å². The lowest BCUT2D eigenvalue weighted by atomic mass is 10.1. The maximum atomic E-state index is 12.4. The van der Waals surface area contributed by atoms with Gasteiger partial charge in [-0.3, -0.25) is 9.78 Å². The van der Waals surface area contributed by atoms with Crippen molar-refractivity contribution in [3.63, 3.8) is 0 Å². The van der Waals surface area contributed by atoms with Gasteiger partial charge in [0.25, 0.3) is 0 Å². The van der Waals surface area contributed by atoms with E-state index in [-0.39, 0.29) is 5.56 Å². The number of alkyl halides is 3. The smallest absolute Gasteiger partial charge is 0.264 e. The van der Waals surface area contributed by atoms with Crippen molar-refractivity contribution >= 4 is 5.91 Å². The lowest BCUT2D eigenvalue weighted by Gasteiger charge is -2.06. The maximum Gasteiger partial charge on any atom is 0.416 e. The number of nitrogens with zero attached hydrogens (tertiary/aromatic N) is 2. The summed E-state index contributed by atoms with van der Waals surface area (Å²) in [6.07, 6.45) is 1.53. The quantitative estimate of drug-likeness (QED) is 0.844. The van der Waals surface area contributed by atoms with Crippen molar-refractivity contribution in [2.75, 3.05) is 5.43 Å². The van der Waals surface area contributed by atoms with E-state index in [0.717, 1.165) is 24.3 Å². The molecule has 0 aliphatic rings. The first-order valence-electron chi connectivity index (χ1n) is 5.27. The number of carbonyl (C=O) groups is 1. The summed E-state index contributed by atoms with van der Waals surface area (Å²) < 4.78 is 38.4. The Hall–Kier alpha value is -2.44. The summed E-state index contributed by atoms with van der Waals surface area (Å²) in [6.45, 7) is 0. The second-order valence-corrected chi connectivity index (χ2v) is 3.67. The average Bonchev–Trinajstić information content (AvgIpc) is 2.39. The van der Waals surface area contributed by atoms with Crippen LogP contribution < -0.4 is 10.1 Å². The lowest BCUT2D eigenvalue weighted by molar-refractivity contribution is -0.641. The van der Waals surface area contributed by atoms with Crippen LogP contribution in [-0.4, -0.2) is 10.9 Å². The molecule has 0 aliphatic heterocycles. The highest BCUT2D eigenvalue weighted by molar-refractivity contribution is 5.98. The van der Waals surface area contributed by atoms with E-state index < -0.39 is 17.6 Å². The molecule has 0 fully saturated rings. The highest BCUT2D eigenvalue weighted by atomic mass is 19.4. The molecule has 0 spiro atoms. The van der Waals surface area contributed by atoms with Crippen molar-refractivity contribution < 1.29 is 22.6 Å². The number of benzene rings is 1. The Morgan fingerprint density at radius 3 is 2.21 bits per heavy atom. The molecule has 0 atom stereocenters. The third kappa shape index (κ3) is 3.27. The third-order valence-corrected chi connectivity index (χ3v) is 2.33. The highest BCUT2D eigenvalue weighted by Crippen LogP contribution is 2.28. The Kier molecular flexibility index (Phi) is 3.46. The Morgan fingerprint density at radius 2 is 1.68 bits per heavy atom. The molecule has 2 rings (SSSR count). The fourth-order valence-electron chi connectivity index (χ4n) is 1.39. The SMILES string of the molecule is O=C(N[n+]1ccncc1)c1ccc(C(F)(F)F)cc1. The van der Waals surface area contributed by atoms with Crippen LogP contribution in [0.25, 0.3) is 0 Å². The number of carbonyl (C=O) groups excluding carboxylic acids is 1. The summed E-state index contributed by atoms with van der Waals surface area (Å²) in [5.74, 6) is -0.509. The molecule has 19 heavy (non-hydrogen) atoms. The summed E-state index contributed by atoms with van der Waals surface area (Å²) in [4.78, 5) is 15.5. The van der Waals surface area contributed by atoms with Crippen LogP contribution in [0.4, 0.5) is 13.2 Å². The first-order valence-corrected chi connectivity index (χ1v) is 5.27. The predicted molar refractivity (Wildman–Crippen MR) is 59.6 cm³/mol. The normalized spacial score (nSPS) is 11.1. The number of halogens is 3. The summed E-state index contributed by atoms with van der Waals surface area (Å²) >= 11 is 0. The van der Waals surface area contributed by atoms with Crippen molar-refractivity contribution in [1.29, 1.82) is 0 Å². The molecule has 0 bridgehead atoms. The van der Waals surface area contributed by atoms with Gasteiger partial charge in [0, 0.05) is 5.56 Å². The van der Waals surface area contributed by atoms with Crippen LogP contribution in [0.5, 0.6) is 0 Å². The Labute approximate surface area is 106 Å². The Bertz CT molecular complexity index is 567. The van der Waals surface area contributed by atoms with E-state index in [2.05, 4.69) is 10.4 Å². The average molecular weight is 268 g/mol. The molecule has 1 amide bonds. The van der Waals surface area contributed by atoms with E-state index in [1.54, 1.807) is 0 Å². The lowest BCUT2D eigenvalue weighted by Crippen LogP contribution is -2.47. The van der Waals surface area contributed by atoms with Gasteiger partial charge in [-0.25, -0.2) is 0 Å². The van der Waals surface area contributed by atoms with Gasteiger partial charge in [-0.05, 0) is 24.3 Å². The summed E-state index contributed by atoms with van der Waals surface area (Å²) in [5.41, 5.74) is 1.82. The van der Waals surface area contributed by atoms with Crippen LogP contribution in [0.15, 0.2) is 49.1 Å². The summed E-state index contributed by atoms with van der Waals surface area (Å²) in [5, 5.41) is 0. The number of hydrogen-bond acceptors (Lipinski definition) is 2. The number of rotatable bonds is 2. The van der Waals surface area contributed by atoms with Crippen LogP contribution in [0, 0.1) is 0 Å². The van der Waals surface area contributed by atoms with Gasteiger partial charge in [0.05, 0.1) is 18.0 Å². The molecule has 0 radical (unpaired) electrons. The zero-order valence-corrected chi connectivity index (χ0v) is 9.56. The van der Waals surface area contributed by atoms with Gasteiger partial charge in [0.1, 0.15) is 0 Å². The molecule has 98 valence electrons. The van der Waals surface area contributed by atoms with Crippen molar-refractivity contribution in [2.24, 2.45) is 0 Å². The van der Waals surface area contributed by atoms with Crippen LogP contribution in [0.3, 0.4) is 0 Å². The highest BCUT2D eigenvalue weighted by Gasteiger charge is 2.30. The second kappa shape index (κ2) is 5.05. The molecular weight excluding hydrogens is 259 g/mol. The molecule has 0 unspecified atom stereocenters. The minimum Gasteiger partial charge on any atom is -0.264 e. The first-order chi connectivity index (χ1) is 8.97. The van der Waals surface area contributed by atoms with Crippen molar-refractivity contribution in [1.82, 2.24) is 4.98 Å². The van der Waals surface area contributed by atoms with Gasteiger partial charge < -0.3 is 0 Å². The first kappa shape index (κ1) is 13.0. The van der Waals surface area contributed by atoms with E-state index in [1.807, 2.05) is 0 Å². The van der Waals surface area contributed by atoms with E-state index >= 15 is 0 Å². The minimum atomic E-state index is -4.41. The van der Waals surface area contributed by atoms with Crippen LogP contribution in [0.2, 0.25) is 0 Å². The van der Waals surface area contributed by atoms with Gasteiger partial charge in [0.15, 0.2) is 0 Å².